The standard InChI is InChI=1S/C18H24ClNO4/c1-12(24-15-9-7-14(19)8-10-15)17(21)20-11-13-5-3-4-6-16(13)18(22)23-2/h7-10,12-13,16H,3-6,11H2,1-2H3,(H,20,21). The van der Waals surface area contributed by atoms with Gasteiger partial charge in [0.15, 0.2) is 6.10 Å². The van der Waals surface area contributed by atoms with Crippen LogP contribution in [0.25, 0.3) is 0 Å². The number of carbonyl (C=O) groups is 2. The minimum Gasteiger partial charge on any atom is -0.481 e. The van der Waals surface area contributed by atoms with Crippen molar-refractivity contribution in [2.75, 3.05) is 13.7 Å². The SMILES string of the molecule is COC(=O)C1CCCCC1CNC(=O)C(C)Oc1ccc(Cl)cc1. The molecule has 1 saturated carbocycles. The molecule has 5 nitrogen and oxygen atoms in total. The molecule has 3 atom stereocenters. The van der Waals surface area contributed by atoms with Crippen molar-refractivity contribution in [3.05, 3.63) is 29.3 Å². The molecule has 1 fully saturated rings. The van der Waals surface area contributed by atoms with Gasteiger partial charge in [-0.1, -0.05) is 24.4 Å². The molecular weight excluding hydrogens is 330 g/mol. The number of benzene rings is 1. The highest BCUT2D eigenvalue weighted by Gasteiger charge is 2.32. The van der Waals surface area contributed by atoms with Crippen LogP contribution in [-0.2, 0) is 14.3 Å². The second-order valence-electron chi connectivity index (χ2n) is 6.13. The summed E-state index contributed by atoms with van der Waals surface area (Å²) in [6, 6.07) is 6.87. The van der Waals surface area contributed by atoms with Gasteiger partial charge in [-0.25, -0.2) is 0 Å². The van der Waals surface area contributed by atoms with Gasteiger partial charge in [0.25, 0.3) is 5.91 Å². The number of rotatable bonds is 6. The highest BCUT2D eigenvalue weighted by atomic mass is 35.5. The first-order chi connectivity index (χ1) is 11.5. The number of nitrogens with one attached hydrogen (secondary N) is 1. The Morgan fingerprint density at radius 1 is 1.25 bits per heavy atom. The second kappa shape index (κ2) is 8.92. The Morgan fingerprint density at radius 3 is 2.58 bits per heavy atom. The second-order valence-corrected chi connectivity index (χ2v) is 6.57. The van der Waals surface area contributed by atoms with Crippen LogP contribution in [0.1, 0.15) is 32.6 Å². The van der Waals surface area contributed by atoms with Crippen molar-refractivity contribution in [1.29, 1.82) is 0 Å². The fourth-order valence-electron chi connectivity index (χ4n) is 3.06. The topological polar surface area (TPSA) is 64.6 Å². The molecule has 2 rings (SSSR count). The lowest BCUT2D eigenvalue weighted by Gasteiger charge is -2.30. The summed E-state index contributed by atoms with van der Waals surface area (Å²) < 4.78 is 10.5. The summed E-state index contributed by atoms with van der Waals surface area (Å²) in [5.74, 6) is 0.208. The summed E-state index contributed by atoms with van der Waals surface area (Å²) in [6.07, 6.45) is 3.23. The molecular formula is C18H24ClNO4. The molecule has 0 aromatic heterocycles. The predicted molar refractivity (Wildman–Crippen MR) is 92.0 cm³/mol. The molecule has 0 spiro atoms. The lowest BCUT2D eigenvalue weighted by molar-refractivity contribution is -0.149. The molecule has 24 heavy (non-hydrogen) atoms. The highest BCUT2D eigenvalue weighted by molar-refractivity contribution is 6.30. The Bertz CT molecular complexity index is 561. The number of amides is 1. The summed E-state index contributed by atoms with van der Waals surface area (Å²) >= 11 is 5.83. The molecule has 0 heterocycles. The van der Waals surface area contributed by atoms with Gasteiger partial charge in [0.1, 0.15) is 5.75 Å². The highest BCUT2D eigenvalue weighted by Crippen LogP contribution is 2.30. The summed E-state index contributed by atoms with van der Waals surface area (Å²) in [5, 5.41) is 3.51. The van der Waals surface area contributed by atoms with E-state index in [0.717, 1.165) is 25.7 Å². The van der Waals surface area contributed by atoms with Gasteiger partial charge in [-0.15, -0.1) is 0 Å². The number of hydrogen-bond acceptors (Lipinski definition) is 4. The van der Waals surface area contributed by atoms with Gasteiger partial charge in [-0.2, -0.15) is 0 Å². The van der Waals surface area contributed by atoms with E-state index >= 15 is 0 Å². The van der Waals surface area contributed by atoms with Gasteiger partial charge in [-0.05, 0) is 49.9 Å². The van der Waals surface area contributed by atoms with Gasteiger partial charge < -0.3 is 14.8 Å². The van der Waals surface area contributed by atoms with Crippen LogP contribution >= 0.6 is 11.6 Å². The van der Waals surface area contributed by atoms with E-state index in [2.05, 4.69) is 5.32 Å². The fraction of sp³-hybridized carbons (Fsp3) is 0.556. The van der Waals surface area contributed by atoms with Gasteiger partial charge in [0.2, 0.25) is 0 Å². The predicted octanol–water partition coefficient (Wildman–Crippen LogP) is 3.20. The van der Waals surface area contributed by atoms with Crippen molar-refractivity contribution in [1.82, 2.24) is 5.32 Å². The first-order valence-corrected chi connectivity index (χ1v) is 8.67. The molecule has 3 unspecified atom stereocenters. The van der Waals surface area contributed by atoms with E-state index in [1.165, 1.54) is 7.11 Å². The van der Waals surface area contributed by atoms with Gasteiger partial charge >= 0.3 is 5.97 Å². The van der Waals surface area contributed by atoms with E-state index in [1.54, 1.807) is 31.2 Å². The molecule has 1 aliphatic rings. The Labute approximate surface area is 147 Å². The third kappa shape index (κ3) is 5.13. The van der Waals surface area contributed by atoms with Crippen molar-refractivity contribution < 1.29 is 19.1 Å². The van der Waals surface area contributed by atoms with Crippen LogP contribution in [0.15, 0.2) is 24.3 Å². The number of ether oxygens (including phenoxy) is 2. The van der Waals surface area contributed by atoms with Crippen LogP contribution in [0, 0.1) is 11.8 Å². The molecule has 6 heteroatoms. The maximum Gasteiger partial charge on any atom is 0.309 e. The van der Waals surface area contributed by atoms with E-state index in [9.17, 15) is 9.59 Å². The zero-order valence-electron chi connectivity index (χ0n) is 14.1. The molecule has 0 radical (unpaired) electrons. The Morgan fingerprint density at radius 2 is 1.92 bits per heavy atom. The summed E-state index contributed by atoms with van der Waals surface area (Å²) in [7, 11) is 1.41. The molecule has 1 N–H and O–H groups in total. The van der Waals surface area contributed by atoms with Crippen molar-refractivity contribution in [2.45, 2.75) is 38.7 Å². The fourth-order valence-corrected chi connectivity index (χ4v) is 3.19. The van der Waals surface area contributed by atoms with Crippen LogP contribution in [-0.4, -0.2) is 31.6 Å². The molecule has 0 saturated heterocycles. The van der Waals surface area contributed by atoms with Crippen molar-refractivity contribution >= 4 is 23.5 Å². The number of esters is 1. The normalized spacial score (nSPS) is 21.6. The molecule has 1 aliphatic carbocycles. The average Bonchev–Trinajstić information content (AvgIpc) is 2.61. The molecule has 1 aromatic carbocycles. The first kappa shape index (κ1) is 18.6. The van der Waals surface area contributed by atoms with Gasteiger partial charge in [0, 0.05) is 11.6 Å². The largest absolute Gasteiger partial charge is 0.481 e. The smallest absolute Gasteiger partial charge is 0.309 e. The maximum absolute atomic E-state index is 12.2. The lowest BCUT2D eigenvalue weighted by atomic mass is 9.79. The van der Waals surface area contributed by atoms with Crippen molar-refractivity contribution in [3.8, 4) is 5.75 Å². The summed E-state index contributed by atoms with van der Waals surface area (Å²) in [5.41, 5.74) is 0. The Hall–Kier alpha value is -1.75. The molecule has 1 amide bonds. The summed E-state index contributed by atoms with van der Waals surface area (Å²) in [4.78, 5) is 24.1. The number of carbonyl (C=O) groups excluding carboxylic acids is 2. The minimum absolute atomic E-state index is 0.123. The first-order valence-electron chi connectivity index (χ1n) is 8.29. The van der Waals surface area contributed by atoms with Crippen LogP contribution in [0.5, 0.6) is 5.75 Å². The zero-order valence-corrected chi connectivity index (χ0v) is 14.8. The van der Waals surface area contributed by atoms with Crippen molar-refractivity contribution in [3.63, 3.8) is 0 Å². The van der Waals surface area contributed by atoms with Crippen LogP contribution < -0.4 is 10.1 Å². The average molecular weight is 354 g/mol. The minimum atomic E-state index is -0.619. The van der Waals surface area contributed by atoms with Gasteiger partial charge in [0.05, 0.1) is 13.0 Å². The van der Waals surface area contributed by atoms with Crippen LogP contribution in [0.4, 0.5) is 0 Å². The number of halogens is 1. The molecule has 0 bridgehead atoms. The Balaban J connectivity index is 1.84. The van der Waals surface area contributed by atoms with Crippen LogP contribution in [0.2, 0.25) is 5.02 Å². The Kier molecular flexibility index (Phi) is 6.91. The summed E-state index contributed by atoms with van der Waals surface area (Å²) in [6.45, 7) is 2.16. The number of methoxy groups -OCH3 is 1. The number of hydrogen-bond donors (Lipinski definition) is 1. The quantitative estimate of drug-likeness (QED) is 0.797. The maximum atomic E-state index is 12.2. The van der Waals surface area contributed by atoms with Crippen LogP contribution in [0.3, 0.4) is 0 Å². The molecule has 0 aliphatic heterocycles. The van der Waals surface area contributed by atoms with E-state index in [-0.39, 0.29) is 23.7 Å². The molecule has 1 aromatic rings. The van der Waals surface area contributed by atoms with E-state index < -0.39 is 6.10 Å². The lowest BCUT2D eigenvalue weighted by Crippen LogP contribution is -2.42. The van der Waals surface area contributed by atoms with E-state index in [4.69, 9.17) is 21.1 Å². The van der Waals surface area contributed by atoms with Gasteiger partial charge in [-0.3, -0.25) is 9.59 Å². The van der Waals surface area contributed by atoms with E-state index in [1.807, 2.05) is 0 Å². The van der Waals surface area contributed by atoms with Crippen molar-refractivity contribution in [2.24, 2.45) is 11.8 Å². The monoisotopic (exact) mass is 353 g/mol. The molecule has 132 valence electrons. The zero-order chi connectivity index (χ0) is 17.5. The third-order valence-corrected chi connectivity index (χ3v) is 4.70. The third-order valence-electron chi connectivity index (χ3n) is 4.45. The van der Waals surface area contributed by atoms with E-state index in [0.29, 0.717) is 17.3 Å².